The number of likely N-dealkylation sites (tertiary alicyclic amines) is 2. The Morgan fingerprint density at radius 1 is 1.16 bits per heavy atom. The summed E-state index contributed by atoms with van der Waals surface area (Å²) in [6, 6.07) is 4.12. The lowest BCUT2D eigenvalue weighted by molar-refractivity contribution is -0.180. The van der Waals surface area contributed by atoms with Crippen LogP contribution >= 0.6 is 0 Å². The van der Waals surface area contributed by atoms with Crippen LogP contribution in [0.3, 0.4) is 0 Å². The van der Waals surface area contributed by atoms with E-state index in [0.29, 0.717) is 31.0 Å². The van der Waals surface area contributed by atoms with Crippen LogP contribution in [0.1, 0.15) is 56.1 Å². The smallest absolute Gasteiger partial charge is 0.410 e. The van der Waals surface area contributed by atoms with Gasteiger partial charge in [-0.3, -0.25) is 14.7 Å². The average molecular weight is 431 g/mol. The van der Waals surface area contributed by atoms with Gasteiger partial charge in [0.15, 0.2) is 0 Å². The van der Waals surface area contributed by atoms with E-state index in [9.17, 15) is 9.59 Å². The van der Waals surface area contributed by atoms with E-state index in [2.05, 4.69) is 9.88 Å². The Morgan fingerprint density at radius 2 is 1.81 bits per heavy atom. The van der Waals surface area contributed by atoms with Crippen molar-refractivity contribution in [2.45, 2.75) is 57.3 Å². The third-order valence-corrected chi connectivity index (χ3v) is 7.06. The van der Waals surface area contributed by atoms with Gasteiger partial charge in [-0.1, -0.05) is 6.42 Å². The first kappa shape index (κ1) is 22.0. The van der Waals surface area contributed by atoms with E-state index in [1.54, 1.807) is 24.3 Å². The fourth-order valence-corrected chi connectivity index (χ4v) is 5.66. The molecule has 3 heterocycles. The highest BCUT2D eigenvalue weighted by Gasteiger charge is 2.55. The van der Waals surface area contributed by atoms with Crippen molar-refractivity contribution in [3.05, 3.63) is 29.6 Å². The molecule has 0 radical (unpaired) electrons. The van der Waals surface area contributed by atoms with E-state index in [1.165, 1.54) is 6.42 Å². The molecule has 1 saturated carbocycles. The van der Waals surface area contributed by atoms with E-state index in [-0.39, 0.29) is 11.8 Å². The van der Waals surface area contributed by atoms with Crippen LogP contribution in [0.5, 0.6) is 0 Å². The number of pyridine rings is 1. The number of methoxy groups -OCH3 is 1. The van der Waals surface area contributed by atoms with Crippen LogP contribution in [0, 0.1) is 11.8 Å². The van der Waals surface area contributed by atoms with Crippen molar-refractivity contribution in [3.63, 3.8) is 0 Å². The maximum Gasteiger partial charge on any atom is 0.410 e. The quantitative estimate of drug-likeness (QED) is 0.788. The Kier molecular flexibility index (Phi) is 5.72. The number of aromatic nitrogens is 1. The lowest BCUT2D eigenvalue weighted by atomic mass is 9.62. The Labute approximate surface area is 184 Å². The summed E-state index contributed by atoms with van der Waals surface area (Å²) < 4.78 is 11.8. The van der Waals surface area contributed by atoms with Gasteiger partial charge in [-0.25, -0.2) is 4.79 Å². The first-order chi connectivity index (χ1) is 14.6. The summed E-state index contributed by atoms with van der Waals surface area (Å²) in [7, 11) is 1.78. The molecule has 1 aromatic heterocycles. The van der Waals surface area contributed by atoms with Crippen LogP contribution in [0.2, 0.25) is 0 Å². The van der Waals surface area contributed by atoms with Crippen LogP contribution in [-0.2, 0) is 15.1 Å². The van der Waals surface area contributed by atoms with Gasteiger partial charge in [0.2, 0.25) is 0 Å². The van der Waals surface area contributed by atoms with Gasteiger partial charge in [0, 0.05) is 57.4 Å². The van der Waals surface area contributed by atoms with Gasteiger partial charge in [0.05, 0.1) is 0 Å². The normalized spacial score (nSPS) is 29.4. The van der Waals surface area contributed by atoms with Crippen molar-refractivity contribution in [2.24, 2.45) is 17.6 Å². The predicted octanol–water partition coefficient (Wildman–Crippen LogP) is 2.37. The molecular formula is C23H34N4O4. The van der Waals surface area contributed by atoms with Crippen molar-refractivity contribution in [3.8, 4) is 0 Å². The van der Waals surface area contributed by atoms with Crippen LogP contribution in [-0.4, -0.2) is 71.7 Å². The fourth-order valence-electron chi connectivity index (χ4n) is 5.66. The Morgan fingerprint density at radius 3 is 2.35 bits per heavy atom. The molecule has 2 aliphatic heterocycles. The molecule has 8 nitrogen and oxygen atoms in total. The molecule has 2 unspecified atom stereocenters. The third kappa shape index (κ3) is 4.03. The van der Waals surface area contributed by atoms with Gasteiger partial charge >= 0.3 is 6.09 Å². The van der Waals surface area contributed by atoms with Gasteiger partial charge < -0.3 is 20.1 Å². The number of ether oxygens (including phenoxy) is 2. The van der Waals surface area contributed by atoms with Crippen molar-refractivity contribution in [1.82, 2.24) is 14.8 Å². The first-order valence-electron chi connectivity index (χ1n) is 11.2. The van der Waals surface area contributed by atoms with Crippen LogP contribution in [0.15, 0.2) is 18.3 Å². The highest BCUT2D eigenvalue weighted by Crippen LogP contribution is 2.52. The zero-order valence-corrected chi connectivity index (χ0v) is 19.0. The number of rotatable bonds is 4. The number of hydrogen-bond acceptors (Lipinski definition) is 6. The molecule has 2 N–H and O–H groups in total. The van der Waals surface area contributed by atoms with E-state index in [0.717, 1.165) is 31.5 Å². The molecule has 31 heavy (non-hydrogen) atoms. The van der Waals surface area contributed by atoms with Gasteiger partial charge in [-0.15, -0.1) is 0 Å². The number of hydrogen-bond donors (Lipinski definition) is 1. The number of fused-ring (bicyclic) bond motifs is 2. The summed E-state index contributed by atoms with van der Waals surface area (Å²) in [5, 5.41) is 0. The molecule has 3 fully saturated rings. The zero-order valence-electron chi connectivity index (χ0n) is 19.0. The summed E-state index contributed by atoms with van der Waals surface area (Å²) in [5.41, 5.74) is 5.85. The van der Waals surface area contributed by atoms with Crippen molar-refractivity contribution < 1.29 is 19.1 Å². The minimum Gasteiger partial charge on any atom is -0.444 e. The summed E-state index contributed by atoms with van der Waals surface area (Å²) in [6.45, 7) is 8.89. The molecule has 0 spiro atoms. The second-order valence-electron chi connectivity index (χ2n) is 10.1. The Bertz CT molecular complexity index is 832. The van der Waals surface area contributed by atoms with Gasteiger partial charge in [0.25, 0.3) is 5.91 Å². The second-order valence-corrected chi connectivity index (χ2v) is 10.1. The number of carbonyl (C=O) groups excluding carboxylic acids is 2. The first-order valence-corrected chi connectivity index (χ1v) is 11.2. The summed E-state index contributed by atoms with van der Waals surface area (Å²) in [4.78, 5) is 32.4. The topological polar surface area (TPSA) is 98.0 Å². The average Bonchev–Trinajstić information content (AvgIpc) is 2.64. The van der Waals surface area contributed by atoms with Gasteiger partial charge in [-0.2, -0.15) is 0 Å². The van der Waals surface area contributed by atoms with Crippen LogP contribution in [0.25, 0.3) is 0 Å². The maximum atomic E-state index is 12.3. The number of nitrogens with zero attached hydrogens (tertiary/aromatic N) is 3. The molecule has 2 atom stereocenters. The zero-order chi connectivity index (χ0) is 22.4. The minimum absolute atomic E-state index is 0.233. The third-order valence-electron chi connectivity index (χ3n) is 7.06. The minimum atomic E-state index is -0.521. The molecule has 2 saturated heterocycles. The highest BCUT2D eigenvalue weighted by molar-refractivity contribution is 5.90. The summed E-state index contributed by atoms with van der Waals surface area (Å²) in [5.74, 6) is 0.0970. The molecule has 2 amide bonds. The molecule has 170 valence electrons. The summed E-state index contributed by atoms with van der Waals surface area (Å²) >= 11 is 0. The monoisotopic (exact) mass is 430 g/mol. The van der Waals surface area contributed by atoms with Crippen LogP contribution in [0.4, 0.5) is 4.79 Å². The number of amides is 2. The molecule has 1 aromatic rings. The molecule has 8 heteroatoms. The molecule has 2 bridgehead atoms. The van der Waals surface area contributed by atoms with E-state index in [4.69, 9.17) is 15.2 Å². The largest absolute Gasteiger partial charge is 0.444 e. The van der Waals surface area contributed by atoms with Crippen molar-refractivity contribution >= 4 is 12.0 Å². The van der Waals surface area contributed by atoms with E-state index >= 15 is 0 Å². The molecular weight excluding hydrogens is 396 g/mol. The number of carbonyl (C=O) groups is 2. The Balaban J connectivity index is 1.49. The molecule has 1 aliphatic carbocycles. The predicted molar refractivity (Wildman–Crippen MR) is 115 cm³/mol. The second kappa shape index (κ2) is 8.06. The van der Waals surface area contributed by atoms with Crippen molar-refractivity contribution in [1.29, 1.82) is 0 Å². The lowest BCUT2D eigenvalue weighted by Gasteiger charge is -2.58. The number of nitrogens with two attached hydrogens (primary N) is 1. The number of piperidine rings is 1. The summed E-state index contributed by atoms with van der Waals surface area (Å²) in [6.07, 6.45) is 4.73. The van der Waals surface area contributed by atoms with Crippen molar-refractivity contribution in [2.75, 3.05) is 33.3 Å². The molecule has 0 aromatic carbocycles. The van der Waals surface area contributed by atoms with E-state index in [1.807, 2.05) is 26.8 Å². The van der Waals surface area contributed by atoms with Crippen LogP contribution < -0.4 is 5.73 Å². The number of primary amides is 1. The molecule has 3 aliphatic rings. The standard InChI is InChI=1S/C23H34N4O4/c1-22(2,3)31-21(29)27-13-18(14-27)26-11-16-6-5-7-17(12-26)23(16,30-4)15-8-9-25-19(10-15)20(24)28/h8-10,16-18H,5-7,11-14H2,1-4H3,(H2,24,28). The van der Waals surface area contributed by atoms with E-state index < -0.39 is 17.1 Å². The SMILES string of the molecule is COC1(c2ccnc(C(N)=O)c2)C2CCCC1CN(C1CN(C(=O)OC(C)(C)C)C1)C2. The van der Waals surface area contributed by atoms with Gasteiger partial charge in [0.1, 0.15) is 16.9 Å². The highest BCUT2D eigenvalue weighted by atomic mass is 16.6. The maximum absolute atomic E-state index is 12.3. The van der Waals surface area contributed by atoms with Gasteiger partial charge in [-0.05, 0) is 51.3 Å². The molecule has 4 rings (SSSR count). The fraction of sp³-hybridized carbons (Fsp3) is 0.696. The Hall–Kier alpha value is -2.19. The lowest BCUT2D eigenvalue weighted by Crippen LogP contribution is -2.67.